The lowest BCUT2D eigenvalue weighted by Crippen LogP contribution is -2.33. The summed E-state index contributed by atoms with van der Waals surface area (Å²) >= 11 is 0. The largest absolute Gasteiger partial charge is 0.324 e. The molecule has 0 spiro atoms. The van der Waals surface area contributed by atoms with Gasteiger partial charge in [0.25, 0.3) is 0 Å². The van der Waals surface area contributed by atoms with E-state index in [-0.39, 0.29) is 0 Å². The summed E-state index contributed by atoms with van der Waals surface area (Å²) in [6.07, 6.45) is 4.03. The molecule has 0 radical (unpaired) electrons. The first kappa shape index (κ1) is 13.6. The summed E-state index contributed by atoms with van der Waals surface area (Å²) in [5.74, 6) is 1.23. The van der Waals surface area contributed by atoms with Crippen LogP contribution in [0.15, 0.2) is 24.3 Å². The van der Waals surface area contributed by atoms with Gasteiger partial charge in [0.15, 0.2) is 0 Å². The lowest BCUT2D eigenvalue weighted by Gasteiger charge is -2.32. The summed E-state index contributed by atoms with van der Waals surface area (Å²) in [4.78, 5) is 7.52. The van der Waals surface area contributed by atoms with Gasteiger partial charge in [-0.15, -0.1) is 0 Å². The Bertz CT molecular complexity index is 579. The van der Waals surface area contributed by atoms with Crippen LogP contribution < -0.4 is 0 Å². The van der Waals surface area contributed by atoms with Gasteiger partial charge in [-0.25, -0.2) is 4.98 Å². The maximum Gasteiger partial charge on any atom is 0.127 e. The van der Waals surface area contributed by atoms with Gasteiger partial charge in [0, 0.05) is 6.04 Å². The predicted molar refractivity (Wildman–Crippen MR) is 84.0 cm³/mol. The number of hydrogen-bond donors (Lipinski definition) is 0. The van der Waals surface area contributed by atoms with Crippen LogP contribution in [0.25, 0.3) is 11.0 Å². The molecule has 3 nitrogen and oxygen atoms in total. The maximum absolute atomic E-state index is 4.93. The van der Waals surface area contributed by atoms with Crippen molar-refractivity contribution in [3.63, 3.8) is 0 Å². The number of likely N-dealkylation sites (tertiary alicyclic amines) is 1. The third-order valence-corrected chi connectivity index (χ3v) is 4.45. The highest BCUT2D eigenvalue weighted by molar-refractivity contribution is 5.76. The van der Waals surface area contributed by atoms with Crippen molar-refractivity contribution in [2.75, 3.05) is 13.1 Å². The van der Waals surface area contributed by atoms with Crippen LogP contribution in [0.4, 0.5) is 0 Å². The second-order valence-corrected chi connectivity index (χ2v) is 6.20. The van der Waals surface area contributed by atoms with Gasteiger partial charge in [-0.3, -0.25) is 4.90 Å². The molecule has 0 N–H and O–H groups in total. The van der Waals surface area contributed by atoms with Crippen molar-refractivity contribution in [1.29, 1.82) is 0 Å². The first-order valence-electron chi connectivity index (χ1n) is 7.89. The maximum atomic E-state index is 4.93. The normalized spacial score (nSPS) is 18.8. The topological polar surface area (TPSA) is 21.1 Å². The summed E-state index contributed by atoms with van der Waals surface area (Å²) in [7, 11) is 0. The molecular formula is C17H25N3. The number of hydrogen-bond acceptors (Lipinski definition) is 2. The Morgan fingerprint density at radius 1 is 1.00 bits per heavy atom. The molecule has 1 aliphatic rings. The standard InChI is InChI=1S/C17H25N3/c1-13(2)20-16-10-6-5-9-15(16)18-17(20)14(3)19-11-7-4-8-12-19/h5-6,9-10,13-14H,4,7-8,11-12H2,1-3H3/t14-/m0/s1. The molecule has 2 aromatic rings. The molecule has 3 heteroatoms. The second kappa shape index (κ2) is 5.57. The number of rotatable bonds is 3. The second-order valence-electron chi connectivity index (χ2n) is 6.20. The Kier molecular flexibility index (Phi) is 3.79. The van der Waals surface area contributed by atoms with Crippen LogP contribution in [-0.2, 0) is 0 Å². The fraction of sp³-hybridized carbons (Fsp3) is 0.588. The molecule has 0 amide bonds. The highest BCUT2D eigenvalue weighted by Crippen LogP contribution is 2.29. The molecule has 108 valence electrons. The number of para-hydroxylation sites is 2. The van der Waals surface area contributed by atoms with Gasteiger partial charge in [0.2, 0.25) is 0 Å². The average Bonchev–Trinajstić information content (AvgIpc) is 2.86. The zero-order valence-electron chi connectivity index (χ0n) is 12.8. The third-order valence-electron chi connectivity index (χ3n) is 4.45. The zero-order valence-corrected chi connectivity index (χ0v) is 12.8. The van der Waals surface area contributed by atoms with E-state index in [1.54, 1.807) is 0 Å². The average molecular weight is 271 g/mol. The van der Waals surface area contributed by atoms with E-state index in [9.17, 15) is 0 Å². The summed E-state index contributed by atoms with van der Waals surface area (Å²) in [6, 6.07) is 9.36. The van der Waals surface area contributed by atoms with Gasteiger partial charge in [-0.05, 0) is 58.8 Å². The summed E-state index contributed by atoms with van der Waals surface area (Å²) < 4.78 is 2.41. The Morgan fingerprint density at radius 2 is 1.70 bits per heavy atom. The van der Waals surface area contributed by atoms with E-state index in [1.807, 2.05) is 0 Å². The third kappa shape index (κ3) is 2.35. The van der Waals surface area contributed by atoms with Crippen LogP contribution >= 0.6 is 0 Å². The number of nitrogens with zero attached hydrogens (tertiary/aromatic N) is 3. The lowest BCUT2D eigenvalue weighted by atomic mass is 10.1. The van der Waals surface area contributed by atoms with E-state index in [0.717, 1.165) is 5.52 Å². The van der Waals surface area contributed by atoms with Crippen molar-refractivity contribution < 1.29 is 0 Å². The van der Waals surface area contributed by atoms with Gasteiger partial charge >= 0.3 is 0 Å². The van der Waals surface area contributed by atoms with Crippen LogP contribution in [-0.4, -0.2) is 27.5 Å². The van der Waals surface area contributed by atoms with E-state index < -0.39 is 0 Å². The molecular weight excluding hydrogens is 246 g/mol. The first-order valence-corrected chi connectivity index (χ1v) is 7.89. The van der Waals surface area contributed by atoms with Crippen molar-refractivity contribution in [3.8, 4) is 0 Å². The number of imidazole rings is 1. The molecule has 1 aliphatic heterocycles. The Balaban J connectivity index is 2.03. The minimum absolute atomic E-state index is 0.408. The summed E-state index contributed by atoms with van der Waals surface area (Å²) in [6.45, 7) is 9.23. The van der Waals surface area contributed by atoms with E-state index >= 15 is 0 Å². The predicted octanol–water partition coefficient (Wildman–Crippen LogP) is 4.16. The van der Waals surface area contributed by atoms with Gasteiger partial charge in [-0.1, -0.05) is 18.6 Å². The van der Waals surface area contributed by atoms with E-state index in [0.29, 0.717) is 12.1 Å². The summed E-state index contributed by atoms with van der Waals surface area (Å²) in [5.41, 5.74) is 2.39. The molecule has 2 heterocycles. The molecule has 1 fully saturated rings. The number of benzene rings is 1. The molecule has 0 aliphatic carbocycles. The molecule has 0 bridgehead atoms. The fourth-order valence-electron chi connectivity index (χ4n) is 3.37. The monoisotopic (exact) mass is 271 g/mol. The molecule has 1 aromatic heterocycles. The highest BCUT2D eigenvalue weighted by Gasteiger charge is 2.24. The van der Waals surface area contributed by atoms with Gasteiger partial charge in [0.1, 0.15) is 5.82 Å². The molecule has 20 heavy (non-hydrogen) atoms. The van der Waals surface area contributed by atoms with Gasteiger partial charge in [0.05, 0.1) is 17.1 Å². The molecule has 0 unspecified atom stereocenters. The van der Waals surface area contributed by atoms with Crippen molar-refractivity contribution in [2.45, 2.75) is 52.1 Å². The SMILES string of the molecule is CC(C)n1c([C@H](C)N2CCCCC2)nc2ccccc21. The van der Waals surface area contributed by atoms with Crippen molar-refractivity contribution in [2.24, 2.45) is 0 Å². The number of piperidine rings is 1. The Labute approximate surface area is 121 Å². The van der Waals surface area contributed by atoms with Crippen LogP contribution in [0, 0.1) is 0 Å². The fourth-order valence-corrected chi connectivity index (χ4v) is 3.37. The Hall–Kier alpha value is -1.35. The number of fused-ring (bicyclic) bond motifs is 1. The highest BCUT2D eigenvalue weighted by atomic mass is 15.2. The van der Waals surface area contributed by atoms with Gasteiger partial charge in [-0.2, -0.15) is 0 Å². The molecule has 1 saturated heterocycles. The van der Waals surface area contributed by atoms with E-state index in [1.165, 1.54) is 43.7 Å². The lowest BCUT2D eigenvalue weighted by molar-refractivity contribution is 0.165. The van der Waals surface area contributed by atoms with Crippen molar-refractivity contribution in [3.05, 3.63) is 30.1 Å². The van der Waals surface area contributed by atoms with Gasteiger partial charge < -0.3 is 4.57 Å². The quantitative estimate of drug-likeness (QED) is 0.835. The smallest absolute Gasteiger partial charge is 0.127 e. The van der Waals surface area contributed by atoms with Crippen LogP contribution in [0.3, 0.4) is 0 Å². The van der Waals surface area contributed by atoms with E-state index in [4.69, 9.17) is 4.98 Å². The van der Waals surface area contributed by atoms with Crippen molar-refractivity contribution in [1.82, 2.24) is 14.5 Å². The van der Waals surface area contributed by atoms with Crippen LogP contribution in [0.5, 0.6) is 0 Å². The Morgan fingerprint density at radius 3 is 2.40 bits per heavy atom. The first-order chi connectivity index (χ1) is 9.68. The van der Waals surface area contributed by atoms with Crippen molar-refractivity contribution >= 4 is 11.0 Å². The van der Waals surface area contributed by atoms with E-state index in [2.05, 4.69) is 54.5 Å². The van der Waals surface area contributed by atoms with Crippen LogP contribution in [0.2, 0.25) is 0 Å². The minimum Gasteiger partial charge on any atom is -0.324 e. The molecule has 1 aromatic carbocycles. The zero-order chi connectivity index (χ0) is 14.1. The minimum atomic E-state index is 0.408. The number of aromatic nitrogens is 2. The molecule has 1 atom stereocenters. The summed E-state index contributed by atoms with van der Waals surface area (Å²) in [5, 5.41) is 0. The molecule has 0 saturated carbocycles. The van der Waals surface area contributed by atoms with Crippen LogP contribution in [0.1, 0.15) is 57.9 Å². The molecule has 3 rings (SSSR count).